The molecule has 154 valence electrons. The number of hydrogen-bond donors (Lipinski definition) is 2. The molecule has 0 atom stereocenters. The van der Waals surface area contributed by atoms with E-state index in [-0.39, 0.29) is 18.3 Å². The summed E-state index contributed by atoms with van der Waals surface area (Å²) in [6.45, 7) is 8.67. The molecular formula is C22H26FN3O3. The predicted octanol–water partition coefficient (Wildman–Crippen LogP) is 4.88. The lowest BCUT2D eigenvalue weighted by Crippen LogP contribution is -2.43. The van der Waals surface area contributed by atoms with Crippen molar-refractivity contribution in [3.8, 4) is 5.75 Å². The normalized spacial score (nSPS) is 15.4. The number of hydrogen-bond acceptors (Lipinski definition) is 3. The summed E-state index contributed by atoms with van der Waals surface area (Å²) in [4.78, 5) is 27.0. The Morgan fingerprint density at radius 3 is 2.41 bits per heavy atom. The third-order valence-electron chi connectivity index (χ3n) is 4.57. The number of anilines is 3. The molecule has 0 bridgehead atoms. The van der Waals surface area contributed by atoms with Gasteiger partial charge < -0.3 is 20.3 Å². The summed E-state index contributed by atoms with van der Waals surface area (Å²) >= 11 is 0. The molecule has 2 aromatic rings. The monoisotopic (exact) mass is 399 g/mol. The van der Waals surface area contributed by atoms with E-state index < -0.39 is 11.4 Å². The number of halogens is 1. The number of amides is 3. The summed E-state index contributed by atoms with van der Waals surface area (Å²) < 4.78 is 18.9. The van der Waals surface area contributed by atoms with Crippen molar-refractivity contribution >= 4 is 29.0 Å². The van der Waals surface area contributed by atoms with Crippen molar-refractivity contribution in [1.82, 2.24) is 0 Å². The molecule has 0 unspecified atom stereocenters. The molecule has 0 fully saturated rings. The van der Waals surface area contributed by atoms with Gasteiger partial charge in [-0.2, -0.15) is 0 Å². The Bertz CT molecular complexity index is 910. The Balaban J connectivity index is 1.80. The van der Waals surface area contributed by atoms with E-state index in [0.29, 0.717) is 35.3 Å². The van der Waals surface area contributed by atoms with E-state index in [9.17, 15) is 14.0 Å². The highest BCUT2D eigenvalue weighted by Crippen LogP contribution is 2.38. The number of benzene rings is 2. The molecule has 3 rings (SSSR count). The van der Waals surface area contributed by atoms with Crippen LogP contribution in [0.3, 0.4) is 0 Å². The minimum Gasteiger partial charge on any atom is -0.490 e. The van der Waals surface area contributed by atoms with Crippen LogP contribution >= 0.6 is 0 Å². The number of nitrogens with zero attached hydrogens (tertiary/aromatic N) is 1. The molecule has 1 heterocycles. The standard InChI is InChI=1S/C22H26FN3O3/c1-14(2)12-26-18-10-9-17(11-19(18)29-13-22(3,4)20(26)27)25-21(28)24-16-7-5-15(23)6-8-16/h5-11,14H,12-13H2,1-4H3,(H2,24,25,28). The Hall–Kier alpha value is -3.09. The largest absolute Gasteiger partial charge is 0.490 e. The number of carbonyl (C=O) groups excluding carboxylic acids is 2. The number of urea groups is 1. The summed E-state index contributed by atoms with van der Waals surface area (Å²) in [5.74, 6) is 0.478. The second-order valence-corrected chi connectivity index (χ2v) is 8.25. The van der Waals surface area contributed by atoms with Gasteiger partial charge in [0.05, 0.1) is 11.1 Å². The van der Waals surface area contributed by atoms with Gasteiger partial charge >= 0.3 is 6.03 Å². The second-order valence-electron chi connectivity index (χ2n) is 8.25. The molecule has 0 aliphatic carbocycles. The molecule has 0 saturated carbocycles. The third-order valence-corrected chi connectivity index (χ3v) is 4.57. The van der Waals surface area contributed by atoms with E-state index in [2.05, 4.69) is 24.5 Å². The first-order chi connectivity index (χ1) is 13.7. The van der Waals surface area contributed by atoms with Crippen molar-refractivity contribution in [2.24, 2.45) is 11.3 Å². The molecule has 0 saturated heterocycles. The highest BCUT2D eigenvalue weighted by molar-refractivity contribution is 6.02. The molecule has 29 heavy (non-hydrogen) atoms. The van der Waals surface area contributed by atoms with Gasteiger partial charge in [0.15, 0.2) is 0 Å². The summed E-state index contributed by atoms with van der Waals surface area (Å²) in [5.41, 5.74) is 1.05. The Morgan fingerprint density at radius 1 is 1.14 bits per heavy atom. The van der Waals surface area contributed by atoms with Crippen LogP contribution in [0.5, 0.6) is 5.75 Å². The van der Waals surface area contributed by atoms with Gasteiger partial charge in [0.2, 0.25) is 5.91 Å². The maximum Gasteiger partial charge on any atom is 0.323 e. The van der Waals surface area contributed by atoms with Gasteiger partial charge in [-0.3, -0.25) is 4.79 Å². The van der Waals surface area contributed by atoms with Crippen molar-refractivity contribution in [2.45, 2.75) is 27.7 Å². The van der Waals surface area contributed by atoms with E-state index in [1.165, 1.54) is 24.3 Å². The molecule has 2 N–H and O–H groups in total. The predicted molar refractivity (Wildman–Crippen MR) is 112 cm³/mol. The lowest BCUT2D eigenvalue weighted by molar-refractivity contribution is -0.127. The van der Waals surface area contributed by atoms with Crippen LogP contribution in [-0.2, 0) is 4.79 Å². The number of carbonyl (C=O) groups is 2. The van der Waals surface area contributed by atoms with Crippen molar-refractivity contribution in [3.63, 3.8) is 0 Å². The maximum atomic E-state index is 13.0. The van der Waals surface area contributed by atoms with Crippen LogP contribution in [0.2, 0.25) is 0 Å². The van der Waals surface area contributed by atoms with Gasteiger partial charge in [0, 0.05) is 24.0 Å². The summed E-state index contributed by atoms with van der Waals surface area (Å²) in [7, 11) is 0. The zero-order chi connectivity index (χ0) is 21.2. The minimum atomic E-state index is -0.651. The molecule has 0 spiro atoms. The van der Waals surface area contributed by atoms with Gasteiger partial charge in [-0.05, 0) is 56.2 Å². The fourth-order valence-corrected chi connectivity index (χ4v) is 3.10. The van der Waals surface area contributed by atoms with E-state index >= 15 is 0 Å². The van der Waals surface area contributed by atoms with Gasteiger partial charge in [0.25, 0.3) is 0 Å². The van der Waals surface area contributed by atoms with Crippen molar-refractivity contribution in [3.05, 3.63) is 48.3 Å². The quantitative estimate of drug-likeness (QED) is 0.770. The second kappa shape index (κ2) is 8.11. The van der Waals surface area contributed by atoms with E-state index in [1.54, 1.807) is 23.1 Å². The molecule has 1 aliphatic heterocycles. The van der Waals surface area contributed by atoms with Gasteiger partial charge in [-0.25, -0.2) is 9.18 Å². The number of nitrogens with one attached hydrogen (secondary N) is 2. The summed E-state index contributed by atoms with van der Waals surface area (Å²) in [6, 6.07) is 10.3. The Morgan fingerprint density at radius 2 is 1.76 bits per heavy atom. The summed E-state index contributed by atoms with van der Waals surface area (Å²) in [6.07, 6.45) is 0. The summed E-state index contributed by atoms with van der Waals surface area (Å²) in [5, 5.41) is 5.38. The van der Waals surface area contributed by atoms with Gasteiger partial charge in [-0.15, -0.1) is 0 Å². The topological polar surface area (TPSA) is 70.7 Å². The zero-order valence-electron chi connectivity index (χ0n) is 17.1. The molecule has 2 aromatic carbocycles. The molecule has 7 heteroatoms. The van der Waals surface area contributed by atoms with E-state index in [0.717, 1.165) is 0 Å². The number of ether oxygens (including phenoxy) is 1. The van der Waals surface area contributed by atoms with Crippen molar-refractivity contribution in [2.75, 3.05) is 28.7 Å². The molecule has 3 amide bonds. The van der Waals surface area contributed by atoms with Gasteiger partial charge in [0.1, 0.15) is 18.2 Å². The zero-order valence-corrected chi connectivity index (χ0v) is 17.1. The number of rotatable bonds is 4. The van der Waals surface area contributed by atoms with Crippen LogP contribution < -0.4 is 20.3 Å². The fourth-order valence-electron chi connectivity index (χ4n) is 3.10. The smallest absolute Gasteiger partial charge is 0.323 e. The average Bonchev–Trinajstić information content (AvgIpc) is 2.74. The first kappa shape index (κ1) is 20.6. The third kappa shape index (κ3) is 4.85. The SMILES string of the molecule is CC(C)CN1C(=O)C(C)(C)COc2cc(NC(=O)Nc3ccc(F)cc3)ccc21. The van der Waals surface area contributed by atoms with Crippen molar-refractivity contribution in [1.29, 1.82) is 0 Å². The first-order valence-electron chi connectivity index (χ1n) is 9.58. The number of fused-ring (bicyclic) bond motifs is 1. The van der Waals surface area contributed by atoms with Crippen LogP contribution in [0.4, 0.5) is 26.2 Å². The van der Waals surface area contributed by atoms with Crippen LogP contribution in [-0.4, -0.2) is 25.1 Å². The van der Waals surface area contributed by atoms with Crippen LogP contribution in [0.15, 0.2) is 42.5 Å². The average molecular weight is 399 g/mol. The van der Waals surface area contributed by atoms with Gasteiger partial charge in [-0.1, -0.05) is 13.8 Å². The molecular weight excluding hydrogens is 373 g/mol. The van der Waals surface area contributed by atoms with E-state index in [4.69, 9.17) is 4.74 Å². The lowest BCUT2D eigenvalue weighted by atomic mass is 9.92. The molecule has 0 aromatic heterocycles. The van der Waals surface area contributed by atoms with E-state index in [1.807, 2.05) is 13.8 Å². The van der Waals surface area contributed by atoms with Crippen LogP contribution in [0, 0.1) is 17.2 Å². The molecule has 1 aliphatic rings. The lowest BCUT2D eigenvalue weighted by Gasteiger charge is -2.29. The van der Waals surface area contributed by atoms with Crippen LogP contribution in [0.25, 0.3) is 0 Å². The molecule has 6 nitrogen and oxygen atoms in total. The van der Waals surface area contributed by atoms with Crippen LogP contribution in [0.1, 0.15) is 27.7 Å². The van der Waals surface area contributed by atoms with Crippen molar-refractivity contribution < 1.29 is 18.7 Å². The Labute approximate surface area is 170 Å². The highest BCUT2D eigenvalue weighted by atomic mass is 19.1. The maximum absolute atomic E-state index is 13.0. The fraction of sp³-hybridized carbons (Fsp3) is 0.364. The first-order valence-corrected chi connectivity index (χ1v) is 9.58. The minimum absolute atomic E-state index is 0.0136. The Kier molecular flexibility index (Phi) is 5.77. The molecule has 0 radical (unpaired) electrons. The highest BCUT2D eigenvalue weighted by Gasteiger charge is 2.38.